The van der Waals surface area contributed by atoms with Crippen LogP contribution in [0, 0.1) is 11.8 Å². The topological polar surface area (TPSA) is 51.0 Å². The largest absolute Gasteiger partial charge is 0.339 e. The molecule has 3 unspecified atom stereocenters. The average Bonchev–Trinajstić information content (AvgIpc) is 3.04. The lowest BCUT2D eigenvalue weighted by Gasteiger charge is -2.17. The van der Waals surface area contributed by atoms with Crippen LogP contribution in [0.2, 0.25) is 0 Å². The molecule has 2 bridgehead atoms. The molecule has 2 aliphatic rings. The van der Waals surface area contributed by atoms with Crippen LogP contribution in [-0.2, 0) is 6.42 Å². The van der Waals surface area contributed by atoms with Gasteiger partial charge in [0.05, 0.1) is 0 Å². The second-order valence-corrected chi connectivity index (χ2v) is 5.53. The smallest absolute Gasteiger partial charge is 0.226 e. The third-order valence-corrected chi connectivity index (χ3v) is 4.37. The van der Waals surface area contributed by atoms with E-state index in [9.17, 15) is 0 Å². The molecule has 94 valence electrons. The molecule has 2 fully saturated rings. The molecule has 1 aromatic rings. The number of nitrogens with zero attached hydrogens (tertiary/aromatic N) is 2. The summed E-state index contributed by atoms with van der Waals surface area (Å²) in [5, 5.41) is 7.32. The first kappa shape index (κ1) is 11.2. The Labute approximate surface area is 102 Å². The van der Waals surface area contributed by atoms with E-state index < -0.39 is 0 Å². The van der Waals surface area contributed by atoms with Crippen LogP contribution in [0.15, 0.2) is 4.52 Å². The van der Waals surface area contributed by atoms with Gasteiger partial charge in [0.2, 0.25) is 5.89 Å². The molecule has 2 aliphatic carbocycles. The highest BCUT2D eigenvalue weighted by Crippen LogP contribution is 2.52. The van der Waals surface area contributed by atoms with Crippen LogP contribution in [-0.4, -0.2) is 23.7 Å². The fraction of sp³-hybridized carbons (Fsp3) is 0.846. The van der Waals surface area contributed by atoms with Gasteiger partial charge >= 0.3 is 0 Å². The molecule has 0 amide bonds. The molecule has 0 spiro atoms. The third kappa shape index (κ3) is 2.23. The molecule has 2 saturated carbocycles. The van der Waals surface area contributed by atoms with Crippen LogP contribution in [0.1, 0.15) is 49.7 Å². The van der Waals surface area contributed by atoms with Gasteiger partial charge in [-0.25, -0.2) is 0 Å². The van der Waals surface area contributed by atoms with E-state index in [-0.39, 0.29) is 0 Å². The molecule has 1 heterocycles. The van der Waals surface area contributed by atoms with Gasteiger partial charge in [0.25, 0.3) is 0 Å². The maximum Gasteiger partial charge on any atom is 0.226 e. The van der Waals surface area contributed by atoms with Gasteiger partial charge in [0.15, 0.2) is 5.82 Å². The van der Waals surface area contributed by atoms with Gasteiger partial charge < -0.3 is 9.84 Å². The highest BCUT2D eigenvalue weighted by molar-refractivity contribution is 5.06. The van der Waals surface area contributed by atoms with Gasteiger partial charge in [-0.1, -0.05) is 11.6 Å². The van der Waals surface area contributed by atoms with Gasteiger partial charge in [0, 0.05) is 12.3 Å². The number of fused-ring (bicyclic) bond motifs is 2. The average molecular weight is 235 g/mol. The van der Waals surface area contributed by atoms with E-state index in [0.717, 1.165) is 42.9 Å². The van der Waals surface area contributed by atoms with Crippen molar-refractivity contribution in [1.82, 2.24) is 15.5 Å². The van der Waals surface area contributed by atoms with E-state index in [2.05, 4.69) is 15.5 Å². The molecule has 0 radical (unpaired) electrons. The monoisotopic (exact) mass is 235 g/mol. The molecule has 3 atom stereocenters. The van der Waals surface area contributed by atoms with Crippen molar-refractivity contribution in [2.45, 2.75) is 44.4 Å². The fourth-order valence-corrected chi connectivity index (χ4v) is 3.50. The molecule has 0 saturated heterocycles. The van der Waals surface area contributed by atoms with Crippen LogP contribution in [0.4, 0.5) is 0 Å². The van der Waals surface area contributed by atoms with Gasteiger partial charge in [-0.3, -0.25) is 0 Å². The first-order chi connectivity index (χ1) is 8.36. The molecule has 0 aliphatic heterocycles. The normalized spacial score (nSPS) is 31.2. The van der Waals surface area contributed by atoms with E-state index in [4.69, 9.17) is 4.52 Å². The van der Waals surface area contributed by atoms with Crippen molar-refractivity contribution in [3.63, 3.8) is 0 Å². The molecule has 3 rings (SSSR count). The maximum absolute atomic E-state index is 5.34. The maximum atomic E-state index is 5.34. The summed E-state index contributed by atoms with van der Waals surface area (Å²) < 4.78 is 5.34. The van der Waals surface area contributed by atoms with Crippen molar-refractivity contribution < 1.29 is 4.52 Å². The summed E-state index contributed by atoms with van der Waals surface area (Å²) in [5.41, 5.74) is 0. The number of aromatic nitrogens is 2. The van der Waals surface area contributed by atoms with Crippen LogP contribution in [0.3, 0.4) is 0 Å². The zero-order valence-electron chi connectivity index (χ0n) is 10.5. The van der Waals surface area contributed by atoms with Gasteiger partial charge in [-0.15, -0.1) is 0 Å². The second-order valence-electron chi connectivity index (χ2n) is 5.53. The SMILES string of the molecule is CNCCCc1nc(C2CC3CCC2C3)no1. The summed E-state index contributed by atoms with van der Waals surface area (Å²) in [4.78, 5) is 4.58. The molecule has 17 heavy (non-hydrogen) atoms. The van der Waals surface area contributed by atoms with Crippen LogP contribution >= 0.6 is 0 Å². The van der Waals surface area contributed by atoms with Crippen molar-refractivity contribution in [1.29, 1.82) is 0 Å². The third-order valence-electron chi connectivity index (χ3n) is 4.37. The molecule has 4 heteroatoms. The van der Waals surface area contributed by atoms with Gasteiger partial charge in [-0.2, -0.15) is 4.98 Å². The Kier molecular flexibility index (Phi) is 3.14. The molecule has 0 aromatic carbocycles. The summed E-state index contributed by atoms with van der Waals surface area (Å²) in [6.45, 7) is 1.01. The minimum absolute atomic E-state index is 0.593. The standard InChI is InChI=1S/C13H21N3O/c1-14-6-2-3-12-15-13(16-17-12)11-8-9-4-5-10(11)7-9/h9-11,14H,2-8H2,1H3. The summed E-state index contributed by atoms with van der Waals surface area (Å²) in [6, 6.07) is 0. The summed E-state index contributed by atoms with van der Waals surface area (Å²) in [6.07, 6.45) is 7.45. The lowest BCUT2D eigenvalue weighted by Crippen LogP contribution is -2.10. The van der Waals surface area contributed by atoms with Crippen molar-refractivity contribution in [3.8, 4) is 0 Å². The van der Waals surface area contributed by atoms with Gasteiger partial charge in [-0.05, 0) is 51.1 Å². The Morgan fingerprint density at radius 2 is 2.29 bits per heavy atom. The number of hydrogen-bond donors (Lipinski definition) is 1. The predicted octanol–water partition coefficient (Wildman–Crippen LogP) is 2.13. The number of aryl methyl sites for hydroxylation is 1. The fourth-order valence-electron chi connectivity index (χ4n) is 3.50. The molecular weight excluding hydrogens is 214 g/mol. The summed E-state index contributed by atoms with van der Waals surface area (Å²) in [5.74, 6) is 4.17. The van der Waals surface area contributed by atoms with E-state index in [1.165, 1.54) is 25.7 Å². The van der Waals surface area contributed by atoms with Crippen molar-refractivity contribution in [2.24, 2.45) is 11.8 Å². The number of nitrogens with one attached hydrogen (secondary N) is 1. The van der Waals surface area contributed by atoms with Crippen molar-refractivity contribution in [2.75, 3.05) is 13.6 Å². The predicted molar refractivity (Wildman–Crippen MR) is 64.7 cm³/mol. The molecule has 1 aromatic heterocycles. The minimum Gasteiger partial charge on any atom is -0.339 e. The quantitative estimate of drug-likeness (QED) is 0.794. The summed E-state index contributed by atoms with van der Waals surface area (Å²) >= 11 is 0. The zero-order chi connectivity index (χ0) is 11.7. The second kappa shape index (κ2) is 4.77. The Morgan fingerprint density at radius 3 is 3.00 bits per heavy atom. The lowest BCUT2D eigenvalue weighted by molar-refractivity contribution is 0.350. The van der Waals surface area contributed by atoms with Crippen LogP contribution in [0.25, 0.3) is 0 Å². The van der Waals surface area contributed by atoms with E-state index in [1.807, 2.05) is 7.05 Å². The molecule has 4 nitrogen and oxygen atoms in total. The lowest BCUT2D eigenvalue weighted by atomic mass is 9.88. The first-order valence-electron chi connectivity index (χ1n) is 6.84. The Morgan fingerprint density at radius 1 is 1.35 bits per heavy atom. The highest BCUT2D eigenvalue weighted by atomic mass is 16.5. The van der Waals surface area contributed by atoms with Crippen LogP contribution in [0.5, 0.6) is 0 Å². The molecule has 1 N–H and O–H groups in total. The first-order valence-corrected chi connectivity index (χ1v) is 6.84. The van der Waals surface area contributed by atoms with Crippen LogP contribution < -0.4 is 5.32 Å². The number of hydrogen-bond acceptors (Lipinski definition) is 4. The molecular formula is C13H21N3O. The van der Waals surface area contributed by atoms with E-state index in [1.54, 1.807) is 0 Å². The Balaban J connectivity index is 1.60. The van der Waals surface area contributed by atoms with Crippen molar-refractivity contribution in [3.05, 3.63) is 11.7 Å². The van der Waals surface area contributed by atoms with Gasteiger partial charge in [0.1, 0.15) is 0 Å². The highest BCUT2D eigenvalue weighted by Gasteiger charge is 2.42. The van der Waals surface area contributed by atoms with E-state index in [0.29, 0.717) is 5.92 Å². The Hall–Kier alpha value is -0.900. The van der Waals surface area contributed by atoms with Crippen molar-refractivity contribution >= 4 is 0 Å². The number of rotatable bonds is 5. The Bertz CT molecular complexity index is 376. The van der Waals surface area contributed by atoms with E-state index >= 15 is 0 Å². The zero-order valence-corrected chi connectivity index (χ0v) is 10.5. The minimum atomic E-state index is 0.593. The summed E-state index contributed by atoms with van der Waals surface area (Å²) in [7, 11) is 1.97.